The smallest absolute Gasteiger partial charge is 0.475 e. The lowest BCUT2D eigenvalue weighted by molar-refractivity contribution is -0.0705. The zero-order valence-electron chi connectivity index (χ0n) is 16.5. The minimum Gasteiger partial charge on any atom is -0.479 e. The normalized spacial score (nSPS) is 33.2. The van der Waals surface area contributed by atoms with E-state index in [2.05, 4.69) is 25.0 Å². The predicted molar refractivity (Wildman–Crippen MR) is 102 cm³/mol. The molecule has 14 nitrogen and oxygen atoms in total. The Morgan fingerprint density at radius 1 is 1.53 bits per heavy atom. The minimum absolute atomic E-state index is 0.0287. The zero-order chi connectivity index (χ0) is 21.5. The number of fused-ring (bicyclic) bond motifs is 2. The van der Waals surface area contributed by atoms with E-state index in [9.17, 15) is 10.1 Å². The van der Waals surface area contributed by atoms with Crippen molar-refractivity contribution >= 4 is 24.9 Å². The standard InChI is InChI=1S/C15H21N8O6P/c1-4-5-26-30(24)27-6-8-10(29-30)15(2,21-22-17)13(28-8)23-7-18-9-11(23)19-14(16)20-12(9)25-3/h7-8,10,13H,4-6H2,1-3H3,(H2,16,19,20)/t8-,10-,13-,15-,30?/m1/s1. The summed E-state index contributed by atoms with van der Waals surface area (Å²) in [6.07, 6.45) is -0.400. The van der Waals surface area contributed by atoms with Crippen molar-refractivity contribution in [3.63, 3.8) is 0 Å². The van der Waals surface area contributed by atoms with Crippen LogP contribution in [0, 0.1) is 0 Å². The van der Waals surface area contributed by atoms with Crippen molar-refractivity contribution in [1.82, 2.24) is 19.5 Å². The van der Waals surface area contributed by atoms with Crippen LogP contribution in [0.1, 0.15) is 26.5 Å². The van der Waals surface area contributed by atoms with Crippen molar-refractivity contribution in [1.29, 1.82) is 0 Å². The van der Waals surface area contributed by atoms with Crippen LogP contribution in [-0.4, -0.2) is 57.6 Å². The first-order valence-corrected chi connectivity index (χ1v) is 10.6. The number of hydrogen-bond donors (Lipinski definition) is 1. The number of azide groups is 1. The Bertz CT molecular complexity index is 1060. The Labute approximate surface area is 170 Å². The van der Waals surface area contributed by atoms with Gasteiger partial charge in [-0.05, 0) is 18.9 Å². The topological polar surface area (TPSA) is 182 Å². The second kappa shape index (κ2) is 7.65. The first-order valence-electron chi connectivity index (χ1n) is 9.18. The average Bonchev–Trinajstić information content (AvgIpc) is 3.25. The second-order valence-electron chi connectivity index (χ2n) is 6.96. The van der Waals surface area contributed by atoms with Gasteiger partial charge < -0.3 is 15.2 Å². The van der Waals surface area contributed by atoms with Gasteiger partial charge in [-0.1, -0.05) is 12.0 Å². The number of imidazole rings is 1. The van der Waals surface area contributed by atoms with Gasteiger partial charge in [0.1, 0.15) is 17.7 Å². The molecule has 0 aromatic carbocycles. The van der Waals surface area contributed by atoms with Gasteiger partial charge in [-0.15, -0.1) is 0 Å². The summed E-state index contributed by atoms with van der Waals surface area (Å²) in [5.74, 6) is 0.160. The summed E-state index contributed by atoms with van der Waals surface area (Å²) in [5.41, 5.74) is 14.4. The Balaban J connectivity index is 1.77. The van der Waals surface area contributed by atoms with Gasteiger partial charge in [0.15, 0.2) is 17.4 Å². The Hall–Kier alpha value is -2.47. The van der Waals surface area contributed by atoms with Crippen molar-refractivity contribution in [2.75, 3.05) is 26.1 Å². The number of nitrogen functional groups attached to an aromatic ring is 1. The largest absolute Gasteiger partial charge is 0.479 e. The maximum Gasteiger partial charge on any atom is 0.475 e. The Morgan fingerprint density at radius 3 is 3.03 bits per heavy atom. The monoisotopic (exact) mass is 440 g/mol. The summed E-state index contributed by atoms with van der Waals surface area (Å²) in [5, 5.41) is 3.94. The van der Waals surface area contributed by atoms with Crippen LogP contribution in [0.2, 0.25) is 0 Å². The predicted octanol–water partition coefficient (Wildman–Crippen LogP) is 2.33. The van der Waals surface area contributed by atoms with Crippen molar-refractivity contribution in [3.05, 3.63) is 16.8 Å². The van der Waals surface area contributed by atoms with E-state index in [4.69, 9.17) is 28.8 Å². The number of nitrogens with zero attached hydrogens (tertiary/aromatic N) is 7. The third-order valence-corrected chi connectivity index (χ3v) is 6.37. The molecule has 0 saturated carbocycles. The maximum absolute atomic E-state index is 12.8. The van der Waals surface area contributed by atoms with Crippen LogP contribution >= 0.6 is 7.82 Å². The summed E-state index contributed by atoms with van der Waals surface area (Å²) < 4.78 is 42.0. The molecule has 30 heavy (non-hydrogen) atoms. The fourth-order valence-corrected chi connectivity index (χ4v) is 5.13. The Kier molecular flexibility index (Phi) is 5.30. The molecule has 2 N–H and O–H groups in total. The van der Waals surface area contributed by atoms with Crippen molar-refractivity contribution in [3.8, 4) is 5.88 Å². The second-order valence-corrected chi connectivity index (χ2v) is 8.58. The zero-order valence-corrected chi connectivity index (χ0v) is 17.4. The average molecular weight is 440 g/mol. The lowest BCUT2D eigenvalue weighted by Crippen LogP contribution is -2.46. The summed E-state index contributed by atoms with van der Waals surface area (Å²) in [4.78, 5) is 15.5. The van der Waals surface area contributed by atoms with Gasteiger partial charge in [-0.25, -0.2) is 9.55 Å². The third kappa shape index (κ3) is 3.27. The molecule has 0 amide bonds. The summed E-state index contributed by atoms with van der Waals surface area (Å²) in [7, 11) is -2.39. The maximum atomic E-state index is 12.8. The summed E-state index contributed by atoms with van der Waals surface area (Å²) >= 11 is 0. The molecule has 1 unspecified atom stereocenters. The SMILES string of the molecule is CCCOP1(=O)OC[C@H]2O[C@@H](n3cnc4c(OC)nc(N)nc43)[C@](C)(N=[N+]=[N-])[C@@H]2O1. The number of aromatic nitrogens is 4. The first-order chi connectivity index (χ1) is 14.3. The van der Waals surface area contributed by atoms with Crippen LogP contribution in [-0.2, 0) is 22.9 Å². The highest BCUT2D eigenvalue weighted by Crippen LogP contribution is 2.59. The highest BCUT2D eigenvalue weighted by Gasteiger charge is 2.60. The lowest BCUT2D eigenvalue weighted by Gasteiger charge is -2.35. The van der Waals surface area contributed by atoms with E-state index < -0.39 is 31.8 Å². The number of anilines is 1. The number of methoxy groups -OCH3 is 1. The lowest BCUT2D eigenvalue weighted by atomic mass is 9.93. The van der Waals surface area contributed by atoms with Crippen LogP contribution in [0.3, 0.4) is 0 Å². The highest BCUT2D eigenvalue weighted by molar-refractivity contribution is 7.48. The molecule has 162 valence electrons. The van der Waals surface area contributed by atoms with Crippen molar-refractivity contribution in [2.45, 2.75) is 44.2 Å². The van der Waals surface area contributed by atoms with Crippen LogP contribution in [0.5, 0.6) is 5.88 Å². The molecule has 4 heterocycles. The van der Waals surface area contributed by atoms with Gasteiger partial charge in [0.25, 0.3) is 0 Å². The molecule has 4 rings (SSSR count). The fraction of sp³-hybridized carbons (Fsp3) is 0.667. The molecule has 5 atom stereocenters. The molecular weight excluding hydrogens is 419 g/mol. The number of nitrogens with two attached hydrogens (primary N) is 1. The van der Waals surface area contributed by atoms with Crippen molar-refractivity contribution in [2.24, 2.45) is 5.11 Å². The molecular formula is C15H21N8O6P. The van der Waals surface area contributed by atoms with Gasteiger partial charge in [0.2, 0.25) is 11.8 Å². The van der Waals surface area contributed by atoms with Gasteiger partial charge in [0.05, 0.1) is 26.7 Å². The van der Waals surface area contributed by atoms with Crippen LogP contribution < -0.4 is 10.5 Å². The molecule has 2 saturated heterocycles. The molecule has 2 aromatic rings. The quantitative estimate of drug-likeness (QED) is 0.303. The molecule has 15 heteroatoms. The van der Waals surface area contributed by atoms with Crippen LogP contribution in [0.15, 0.2) is 11.4 Å². The first kappa shape index (κ1) is 20.8. The van der Waals surface area contributed by atoms with E-state index in [1.54, 1.807) is 11.5 Å². The fourth-order valence-electron chi connectivity index (χ4n) is 3.57. The molecule has 2 fully saturated rings. The van der Waals surface area contributed by atoms with E-state index >= 15 is 0 Å². The molecule has 0 bridgehead atoms. The van der Waals surface area contributed by atoms with Crippen molar-refractivity contribution < 1.29 is 27.6 Å². The van der Waals surface area contributed by atoms with Gasteiger partial charge >= 0.3 is 7.82 Å². The van der Waals surface area contributed by atoms with E-state index in [1.165, 1.54) is 13.4 Å². The molecule has 0 radical (unpaired) electrons. The van der Waals surface area contributed by atoms with E-state index in [1.807, 2.05) is 6.92 Å². The number of phosphoric ester groups is 1. The molecule has 0 spiro atoms. The van der Waals surface area contributed by atoms with E-state index in [-0.39, 0.29) is 25.0 Å². The van der Waals surface area contributed by atoms with Gasteiger partial charge in [-0.3, -0.25) is 18.1 Å². The van der Waals surface area contributed by atoms with Crippen LogP contribution in [0.25, 0.3) is 21.6 Å². The number of hydrogen-bond acceptors (Lipinski definition) is 11. The van der Waals surface area contributed by atoms with Gasteiger partial charge in [-0.2, -0.15) is 9.97 Å². The molecule has 0 aliphatic carbocycles. The molecule has 2 aliphatic rings. The van der Waals surface area contributed by atoms with Gasteiger partial charge in [0, 0.05) is 4.91 Å². The highest BCUT2D eigenvalue weighted by atomic mass is 31.2. The number of rotatable bonds is 6. The Morgan fingerprint density at radius 2 is 2.33 bits per heavy atom. The number of phosphoric acid groups is 1. The molecule has 2 aliphatic heterocycles. The summed E-state index contributed by atoms with van der Waals surface area (Å²) in [6.45, 7) is 3.62. The molecule has 2 aromatic heterocycles. The van der Waals surface area contributed by atoms with E-state index in [0.717, 1.165) is 0 Å². The minimum atomic E-state index is -3.83. The summed E-state index contributed by atoms with van der Waals surface area (Å²) in [6, 6.07) is 0. The van der Waals surface area contributed by atoms with Crippen LogP contribution in [0.4, 0.5) is 5.95 Å². The third-order valence-electron chi connectivity index (χ3n) is 4.92. The van der Waals surface area contributed by atoms with E-state index in [0.29, 0.717) is 17.6 Å². The number of ether oxygens (including phenoxy) is 2.